The van der Waals surface area contributed by atoms with Gasteiger partial charge < -0.3 is 14.9 Å². The van der Waals surface area contributed by atoms with E-state index < -0.39 is 12.4 Å². The molecule has 0 fully saturated rings. The molecule has 1 aromatic carbocycles. The van der Waals surface area contributed by atoms with E-state index in [1.165, 1.54) is 25.3 Å². The number of rotatable bonds is 3. The molecule has 0 atom stereocenters. The molecule has 0 spiro atoms. The van der Waals surface area contributed by atoms with E-state index >= 15 is 0 Å². The van der Waals surface area contributed by atoms with Crippen molar-refractivity contribution in [1.82, 2.24) is 0 Å². The van der Waals surface area contributed by atoms with Crippen LogP contribution in [0.5, 0.6) is 11.5 Å². The second-order valence-corrected chi connectivity index (χ2v) is 2.47. The molecule has 0 bridgehead atoms. The van der Waals surface area contributed by atoms with Crippen LogP contribution in [0.4, 0.5) is 0 Å². The second kappa shape index (κ2) is 3.91. The van der Waals surface area contributed by atoms with Crippen LogP contribution in [0.1, 0.15) is 10.4 Å². The Morgan fingerprint density at radius 1 is 1.54 bits per heavy atom. The lowest BCUT2D eigenvalue weighted by molar-refractivity contribution is 0.0903. The Hall–Kier alpha value is -1.55. The van der Waals surface area contributed by atoms with Crippen LogP contribution < -0.4 is 4.74 Å². The molecule has 0 aliphatic rings. The lowest BCUT2D eigenvalue weighted by Gasteiger charge is -2.04. The third-order valence-corrected chi connectivity index (χ3v) is 1.65. The van der Waals surface area contributed by atoms with Gasteiger partial charge in [0.05, 0.1) is 7.11 Å². The highest BCUT2D eigenvalue weighted by Crippen LogP contribution is 2.26. The monoisotopic (exact) mass is 182 g/mol. The van der Waals surface area contributed by atoms with Gasteiger partial charge in [-0.15, -0.1) is 0 Å². The Morgan fingerprint density at radius 2 is 2.23 bits per heavy atom. The molecule has 0 amide bonds. The number of phenols is 1. The molecule has 0 aliphatic carbocycles. The van der Waals surface area contributed by atoms with Gasteiger partial charge in [-0.25, -0.2) is 0 Å². The smallest absolute Gasteiger partial charge is 0.188 e. The quantitative estimate of drug-likeness (QED) is 0.671. The lowest BCUT2D eigenvalue weighted by Crippen LogP contribution is -2.04. The molecule has 1 aromatic rings. The number of hydrogen-bond acceptors (Lipinski definition) is 4. The van der Waals surface area contributed by atoms with Crippen molar-refractivity contribution >= 4 is 5.78 Å². The van der Waals surface area contributed by atoms with Crippen molar-refractivity contribution in [3.05, 3.63) is 23.8 Å². The SMILES string of the molecule is COc1cc(C(=O)CO)ccc1O. The van der Waals surface area contributed by atoms with Crippen molar-refractivity contribution in [2.45, 2.75) is 0 Å². The zero-order valence-corrected chi connectivity index (χ0v) is 7.15. The van der Waals surface area contributed by atoms with E-state index in [4.69, 9.17) is 9.84 Å². The zero-order chi connectivity index (χ0) is 9.84. The molecule has 13 heavy (non-hydrogen) atoms. The molecule has 2 N–H and O–H groups in total. The van der Waals surface area contributed by atoms with Crippen molar-refractivity contribution in [3.8, 4) is 11.5 Å². The van der Waals surface area contributed by atoms with Crippen molar-refractivity contribution in [2.24, 2.45) is 0 Å². The number of aromatic hydroxyl groups is 1. The average molecular weight is 182 g/mol. The van der Waals surface area contributed by atoms with Crippen LogP contribution in [0.3, 0.4) is 0 Å². The number of aliphatic hydroxyl groups excluding tert-OH is 1. The van der Waals surface area contributed by atoms with E-state index in [-0.39, 0.29) is 11.5 Å². The van der Waals surface area contributed by atoms with Crippen molar-refractivity contribution in [1.29, 1.82) is 0 Å². The number of methoxy groups -OCH3 is 1. The fourth-order valence-corrected chi connectivity index (χ4v) is 0.942. The summed E-state index contributed by atoms with van der Waals surface area (Å²) in [6.45, 7) is -0.548. The number of ether oxygens (including phenoxy) is 1. The molecule has 0 saturated heterocycles. The molecule has 70 valence electrons. The Labute approximate surface area is 75.4 Å². The molecule has 0 heterocycles. The molecule has 1 rings (SSSR count). The average Bonchev–Trinajstić information content (AvgIpc) is 2.17. The standard InChI is InChI=1S/C9H10O4/c1-13-9-4-6(8(12)5-10)2-3-7(9)11/h2-4,10-11H,5H2,1H3. The minimum atomic E-state index is -0.548. The van der Waals surface area contributed by atoms with Crippen LogP contribution in [0.25, 0.3) is 0 Å². The number of aliphatic hydroxyl groups is 1. The molecule has 0 radical (unpaired) electrons. The van der Waals surface area contributed by atoms with Gasteiger partial charge >= 0.3 is 0 Å². The number of ketones is 1. The predicted octanol–water partition coefficient (Wildman–Crippen LogP) is 0.576. The Bertz CT molecular complexity index is 319. The largest absolute Gasteiger partial charge is 0.504 e. The van der Waals surface area contributed by atoms with Gasteiger partial charge in [-0.1, -0.05) is 0 Å². The fraction of sp³-hybridized carbons (Fsp3) is 0.222. The number of benzene rings is 1. The van der Waals surface area contributed by atoms with Gasteiger partial charge in [-0.2, -0.15) is 0 Å². The minimum absolute atomic E-state index is 0.0306. The predicted molar refractivity (Wildman–Crippen MR) is 46.1 cm³/mol. The highest BCUT2D eigenvalue weighted by molar-refractivity contribution is 5.97. The molecule has 0 unspecified atom stereocenters. The Kier molecular flexibility index (Phi) is 2.87. The van der Waals surface area contributed by atoms with E-state index in [0.717, 1.165) is 0 Å². The molecule has 0 aliphatic heterocycles. The van der Waals surface area contributed by atoms with E-state index in [1.54, 1.807) is 0 Å². The van der Waals surface area contributed by atoms with Crippen molar-refractivity contribution < 1.29 is 19.7 Å². The summed E-state index contributed by atoms with van der Waals surface area (Å²) in [4.78, 5) is 11.0. The van der Waals surface area contributed by atoms with E-state index in [0.29, 0.717) is 5.56 Å². The van der Waals surface area contributed by atoms with Gasteiger partial charge in [0.15, 0.2) is 17.3 Å². The highest BCUT2D eigenvalue weighted by atomic mass is 16.5. The normalized spacial score (nSPS) is 9.69. The third-order valence-electron chi connectivity index (χ3n) is 1.65. The fourth-order valence-electron chi connectivity index (χ4n) is 0.942. The summed E-state index contributed by atoms with van der Waals surface area (Å²) in [5.41, 5.74) is 0.317. The molecule has 4 nitrogen and oxygen atoms in total. The summed E-state index contributed by atoms with van der Waals surface area (Å²) in [5, 5.41) is 17.8. The minimum Gasteiger partial charge on any atom is -0.504 e. The number of phenolic OH excluding ortho intramolecular Hbond substituents is 1. The topological polar surface area (TPSA) is 66.8 Å². The summed E-state index contributed by atoms with van der Waals surface area (Å²) in [6, 6.07) is 4.16. The Morgan fingerprint density at radius 3 is 2.77 bits per heavy atom. The first kappa shape index (κ1) is 9.54. The number of hydrogen-bond donors (Lipinski definition) is 2. The van der Waals surface area contributed by atoms with Crippen LogP contribution in [0.15, 0.2) is 18.2 Å². The first-order chi connectivity index (χ1) is 6.19. The molecular weight excluding hydrogens is 172 g/mol. The number of carbonyl (C=O) groups is 1. The first-order valence-corrected chi connectivity index (χ1v) is 3.70. The van der Waals surface area contributed by atoms with E-state index in [9.17, 15) is 9.90 Å². The second-order valence-electron chi connectivity index (χ2n) is 2.47. The van der Waals surface area contributed by atoms with Gasteiger partial charge in [0, 0.05) is 5.56 Å². The van der Waals surface area contributed by atoms with Crippen LogP contribution in [-0.4, -0.2) is 29.7 Å². The maximum absolute atomic E-state index is 11.0. The third kappa shape index (κ3) is 1.97. The van der Waals surface area contributed by atoms with Crippen LogP contribution in [0.2, 0.25) is 0 Å². The summed E-state index contributed by atoms with van der Waals surface area (Å²) in [5.74, 6) is -0.213. The lowest BCUT2D eigenvalue weighted by atomic mass is 10.1. The Balaban J connectivity index is 3.06. The van der Waals surface area contributed by atoms with Crippen molar-refractivity contribution in [2.75, 3.05) is 13.7 Å². The summed E-state index contributed by atoms with van der Waals surface area (Å²) >= 11 is 0. The first-order valence-electron chi connectivity index (χ1n) is 3.70. The maximum atomic E-state index is 11.0. The van der Waals surface area contributed by atoms with Gasteiger partial charge in [-0.05, 0) is 18.2 Å². The molecule has 0 aromatic heterocycles. The van der Waals surface area contributed by atoms with Gasteiger partial charge in [-0.3, -0.25) is 4.79 Å². The zero-order valence-electron chi connectivity index (χ0n) is 7.15. The number of Topliss-reactive ketones (excluding diaryl/α,β-unsaturated/α-hetero) is 1. The maximum Gasteiger partial charge on any atom is 0.188 e. The van der Waals surface area contributed by atoms with Gasteiger partial charge in [0.1, 0.15) is 6.61 Å². The molecule has 4 heteroatoms. The van der Waals surface area contributed by atoms with E-state index in [2.05, 4.69) is 0 Å². The van der Waals surface area contributed by atoms with Crippen LogP contribution >= 0.6 is 0 Å². The molecular formula is C9H10O4. The van der Waals surface area contributed by atoms with Gasteiger partial charge in [0.2, 0.25) is 0 Å². The van der Waals surface area contributed by atoms with Crippen molar-refractivity contribution in [3.63, 3.8) is 0 Å². The van der Waals surface area contributed by atoms with Crippen LogP contribution in [0, 0.1) is 0 Å². The van der Waals surface area contributed by atoms with Crippen LogP contribution in [-0.2, 0) is 0 Å². The highest BCUT2D eigenvalue weighted by Gasteiger charge is 2.07. The van der Waals surface area contributed by atoms with E-state index in [1.807, 2.05) is 0 Å². The molecule has 0 saturated carbocycles. The summed E-state index contributed by atoms with van der Waals surface area (Å²) in [6.07, 6.45) is 0. The van der Waals surface area contributed by atoms with Gasteiger partial charge in [0.25, 0.3) is 0 Å². The summed E-state index contributed by atoms with van der Waals surface area (Å²) < 4.78 is 4.80. The number of carbonyl (C=O) groups excluding carboxylic acids is 1. The summed E-state index contributed by atoms with van der Waals surface area (Å²) in [7, 11) is 1.39.